The topological polar surface area (TPSA) is 64.8 Å². The first kappa shape index (κ1) is 20.6. The summed E-state index contributed by atoms with van der Waals surface area (Å²) in [6.45, 7) is 9.40. The minimum Gasteiger partial charge on any atom is -0.444 e. The molecule has 26 heavy (non-hydrogen) atoms. The zero-order valence-corrected chi connectivity index (χ0v) is 16.3. The van der Waals surface area contributed by atoms with Gasteiger partial charge in [-0.1, -0.05) is 12.1 Å². The average molecular weight is 366 g/mol. The molecule has 0 aliphatic carbocycles. The molecule has 6 heteroatoms. The number of piperidine rings is 1. The molecule has 5 nitrogen and oxygen atoms in total. The van der Waals surface area contributed by atoms with E-state index in [1.807, 2.05) is 26.8 Å². The third-order valence-electron chi connectivity index (χ3n) is 4.46. The molecule has 1 aliphatic heterocycles. The number of benzene rings is 1. The molecule has 1 saturated heterocycles. The molecule has 1 fully saturated rings. The Labute approximate surface area is 155 Å². The van der Waals surface area contributed by atoms with Crippen LogP contribution in [0.25, 0.3) is 0 Å². The van der Waals surface area contributed by atoms with E-state index < -0.39 is 5.60 Å². The zero-order valence-electron chi connectivity index (χ0n) is 16.3. The minimum atomic E-state index is -0.520. The number of hydrogen-bond acceptors (Lipinski definition) is 4. The number of nitrogens with zero attached hydrogens (tertiary/aromatic N) is 1. The maximum Gasteiger partial charge on any atom is 0.410 e. The molecule has 0 bridgehead atoms. The van der Waals surface area contributed by atoms with Gasteiger partial charge in [0.1, 0.15) is 11.4 Å². The van der Waals surface area contributed by atoms with Crippen molar-refractivity contribution in [2.24, 2.45) is 11.7 Å². The van der Waals surface area contributed by atoms with Crippen molar-refractivity contribution in [3.63, 3.8) is 0 Å². The lowest BCUT2D eigenvalue weighted by atomic mass is 9.88. The normalized spacial score (nSPS) is 19.3. The smallest absolute Gasteiger partial charge is 0.410 e. The highest BCUT2D eigenvalue weighted by Crippen LogP contribution is 2.34. The van der Waals surface area contributed by atoms with Gasteiger partial charge in [0.15, 0.2) is 0 Å². The summed E-state index contributed by atoms with van der Waals surface area (Å²) in [6.07, 6.45) is 1.30. The van der Waals surface area contributed by atoms with Crippen molar-refractivity contribution in [2.75, 3.05) is 26.2 Å². The van der Waals surface area contributed by atoms with E-state index in [1.165, 1.54) is 6.07 Å². The first-order chi connectivity index (χ1) is 12.2. The van der Waals surface area contributed by atoms with Crippen molar-refractivity contribution < 1.29 is 18.7 Å². The van der Waals surface area contributed by atoms with E-state index in [-0.39, 0.29) is 23.9 Å². The molecule has 1 amide bonds. The molecule has 0 spiro atoms. The van der Waals surface area contributed by atoms with Gasteiger partial charge in [-0.05, 0) is 57.7 Å². The van der Waals surface area contributed by atoms with E-state index in [2.05, 4.69) is 0 Å². The van der Waals surface area contributed by atoms with Gasteiger partial charge in [0.2, 0.25) is 0 Å². The molecular weight excluding hydrogens is 335 g/mol. The molecule has 2 unspecified atom stereocenters. The van der Waals surface area contributed by atoms with Gasteiger partial charge >= 0.3 is 6.09 Å². The molecule has 1 aromatic carbocycles. The molecule has 1 heterocycles. The van der Waals surface area contributed by atoms with Crippen molar-refractivity contribution in [3.8, 4) is 0 Å². The number of likely N-dealkylation sites (tertiary alicyclic amines) is 1. The minimum absolute atomic E-state index is 0.118. The van der Waals surface area contributed by atoms with Crippen LogP contribution in [0.5, 0.6) is 0 Å². The van der Waals surface area contributed by atoms with Crippen LogP contribution in [0.2, 0.25) is 0 Å². The second kappa shape index (κ2) is 8.82. The Morgan fingerprint density at radius 2 is 2.15 bits per heavy atom. The number of halogens is 1. The molecule has 0 saturated carbocycles. The third-order valence-corrected chi connectivity index (χ3v) is 4.46. The van der Waals surface area contributed by atoms with Gasteiger partial charge in [-0.25, -0.2) is 9.18 Å². The lowest BCUT2D eigenvalue weighted by molar-refractivity contribution is -0.0233. The van der Waals surface area contributed by atoms with Crippen LogP contribution in [-0.4, -0.2) is 42.8 Å². The monoisotopic (exact) mass is 366 g/mol. The maximum atomic E-state index is 13.7. The molecule has 1 aliphatic rings. The van der Waals surface area contributed by atoms with Crippen LogP contribution in [0.15, 0.2) is 18.2 Å². The SMILES string of the molecule is Cc1cc(C(OCCN)C2CCCN(C(=O)OC(C)(C)C)C2)ccc1F. The molecule has 1 aromatic rings. The molecular formula is C20H31FN2O3. The van der Waals surface area contributed by atoms with E-state index >= 15 is 0 Å². The fourth-order valence-corrected chi connectivity index (χ4v) is 3.29. The Kier molecular flexibility index (Phi) is 7.01. The summed E-state index contributed by atoms with van der Waals surface area (Å²) in [5.74, 6) is -0.113. The van der Waals surface area contributed by atoms with E-state index in [0.717, 1.165) is 18.4 Å². The molecule has 2 atom stereocenters. The lowest BCUT2D eigenvalue weighted by Gasteiger charge is -2.37. The Morgan fingerprint density at radius 3 is 2.77 bits per heavy atom. The predicted octanol–water partition coefficient (Wildman–Crippen LogP) is 3.80. The second-order valence-electron chi connectivity index (χ2n) is 7.92. The van der Waals surface area contributed by atoms with E-state index in [1.54, 1.807) is 17.9 Å². The fraction of sp³-hybridized carbons (Fsp3) is 0.650. The summed E-state index contributed by atoms with van der Waals surface area (Å²) in [6, 6.07) is 5.05. The Bertz CT molecular complexity index is 616. The standard InChI is InChI=1S/C20H31FN2O3/c1-14-12-15(7-8-17(14)21)18(25-11-9-22)16-6-5-10-23(13-16)19(24)26-20(2,3)4/h7-8,12,16,18H,5-6,9-11,13,22H2,1-4H3. The first-order valence-corrected chi connectivity index (χ1v) is 9.27. The van der Waals surface area contributed by atoms with Gasteiger partial charge in [0, 0.05) is 25.6 Å². The van der Waals surface area contributed by atoms with Crippen LogP contribution >= 0.6 is 0 Å². The number of ether oxygens (including phenoxy) is 2. The predicted molar refractivity (Wildman–Crippen MR) is 99.4 cm³/mol. The number of carbonyl (C=O) groups is 1. The van der Waals surface area contributed by atoms with E-state index in [9.17, 15) is 9.18 Å². The van der Waals surface area contributed by atoms with Crippen molar-refractivity contribution >= 4 is 6.09 Å². The van der Waals surface area contributed by atoms with Crippen molar-refractivity contribution in [2.45, 2.75) is 52.2 Å². The van der Waals surface area contributed by atoms with E-state index in [0.29, 0.717) is 31.8 Å². The van der Waals surface area contributed by atoms with Crippen LogP contribution in [0.3, 0.4) is 0 Å². The molecule has 2 N–H and O–H groups in total. The van der Waals surface area contributed by atoms with Crippen LogP contribution in [0.4, 0.5) is 9.18 Å². The van der Waals surface area contributed by atoms with Gasteiger partial charge in [0.25, 0.3) is 0 Å². The number of amides is 1. The number of hydrogen-bond donors (Lipinski definition) is 1. The van der Waals surface area contributed by atoms with Crippen molar-refractivity contribution in [3.05, 3.63) is 35.1 Å². The highest BCUT2D eigenvalue weighted by Gasteiger charge is 2.33. The third kappa shape index (κ3) is 5.68. The van der Waals surface area contributed by atoms with Crippen LogP contribution < -0.4 is 5.73 Å². The van der Waals surface area contributed by atoms with Crippen LogP contribution in [0.1, 0.15) is 50.8 Å². The van der Waals surface area contributed by atoms with Gasteiger partial charge in [-0.2, -0.15) is 0 Å². The summed E-state index contributed by atoms with van der Waals surface area (Å²) in [7, 11) is 0. The summed E-state index contributed by atoms with van der Waals surface area (Å²) in [4.78, 5) is 14.2. The quantitative estimate of drug-likeness (QED) is 0.861. The number of carbonyl (C=O) groups excluding carboxylic acids is 1. The Balaban J connectivity index is 2.16. The van der Waals surface area contributed by atoms with Gasteiger partial charge in [-0.15, -0.1) is 0 Å². The summed E-state index contributed by atoms with van der Waals surface area (Å²) in [5.41, 5.74) is 6.60. The largest absolute Gasteiger partial charge is 0.444 e. The molecule has 146 valence electrons. The van der Waals surface area contributed by atoms with Crippen molar-refractivity contribution in [1.29, 1.82) is 0 Å². The van der Waals surface area contributed by atoms with Crippen molar-refractivity contribution in [1.82, 2.24) is 4.90 Å². The number of aryl methyl sites for hydroxylation is 1. The Hall–Kier alpha value is -1.66. The second-order valence-corrected chi connectivity index (χ2v) is 7.92. The van der Waals surface area contributed by atoms with Gasteiger partial charge < -0.3 is 20.1 Å². The van der Waals surface area contributed by atoms with E-state index in [4.69, 9.17) is 15.2 Å². The van der Waals surface area contributed by atoms with Gasteiger partial charge in [0.05, 0.1) is 12.7 Å². The Morgan fingerprint density at radius 1 is 1.42 bits per heavy atom. The summed E-state index contributed by atoms with van der Waals surface area (Å²) >= 11 is 0. The highest BCUT2D eigenvalue weighted by molar-refractivity contribution is 5.68. The lowest BCUT2D eigenvalue weighted by Crippen LogP contribution is -2.44. The summed E-state index contributed by atoms with van der Waals surface area (Å²) in [5, 5.41) is 0. The van der Waals surface area contributed by atoms with Gasteiger partial charge in [-0.3, -0.25) is 0 Å². The summed E-state index contributed by atoms with van der Waals surface area (Å²) < 4.78 is 25.2. The number of rotatable bonds is 5. The first-order valence-electron chi connectivity index (χ1n) is 9.27. The molecule has 2 rings (SSSR count). The maximum absolute atomic E-state index is 13.7. The average Bonchev–Trinajstić information content (AvgIpc) is 2.57. The fourth-order valence-electron chi connectivity index (χ4n) is 3.29. The van der Waals surface area contributed by atoms with Crippen LogP contribution in [-0.2, 0) is 9.47 Å². The van der Waals surface area contributed by atoms with Crippen LogP contribution in [0, 0.1) is 18.7 Å². The molecule has 0 aromatic heterocycles. The zero-order chi connectivity index (χ0) is 19.3. The number of nitrogens with two attached hydrogens (primary N) is 1. The highest BCUT2D eigenvalue weighted by atomic mass is 19.1. The molecule has 0 radical (unpaired) electrons.